The second kappa shape index (κ2) is 5.63. The maximum atomic E-state index is 5.74. The van der Waals surface area contributed by atoms with Crippen molar-refractivity contribution in [2.75, 3.05) is 7.05 Å². The van der Waals surface area contributed by atoms with Crippen LogP contribution in [0.2, 0.25) is 0 Å². The van der Waals surface area contributed by atoms with Gasteiger partial charge in [-0.2, -0.15) is 0 Å². The molecular formula is C15H22N4O. The van der Waals surface area contributed by atoms with Crippen LogP contribution in [0.25, 0.3) is 0 Å². The van der Waals surface area contributed by atoms with E-state index in [1.54, 1.807) is 0 Å². The van der Waals surface area contributed by atoms with Crippen LogP contribution in [0.4, 0.5) is 0 Å². The molecule has 0 radical (unpaired) electrons. The van der Waals surface area contributed by atoms with Crippen LogP contribution in [0.15, 0.2) is 18.2 Å². The smallest absolute Gasteiger partial charge is 0.240 e. The van der Waals surface area contributed by atoms with E-state index in [1.807, 2.05) is 26.1 Å². The van der Waals surface area contributed by atoms with Gasteiger partial charge in [-0.1, -0.05) is 20.8 Å². The van der Waals surface area contributed by atoms with Gasteiger partial charge in [0.1, 0.15) is 0 Å². The van der Waals surface area contributed by atoms with Crippen molar-refractivity contribution >= 4 is 0 Å². The first-order valence-electron chi connectivity index (χ1n) is 6.74. The highest BCUT2D eigenvalue weighted by molar-refractivity contribution is 5.30. The standard InChI is InChI=1S/C15H22N4O/c1-10-6-14(19-18-10)20-13-8-11(9-16-5)7-12(17-13)15(2,3)4/h6-8,16H,9H2,1-5H3,(H,18,19). The van der Waals surface area contributed by atoms with E-state index in [9.17, 15) is 0 Å². The Bertz CT molecular complexity index is 584. The molecule has 0 aromatic carbocycles. The Labute approximate surface area is 119 Å². The number of pyridine rings is 1. The van der Waals surface area contributed by atoms with E-state index in [4.69, 9.17) is 4.74 Å². The Kier molecular flexibility index (Phi) is 4.09. The van der Waals surface area contributed by atoms with Crippen molar-refractivity contribution in [3.05, 3.63) is 35.2 Å². The highest BCUT2D eigenvalue weighted by Gasteiger charge is 2.18. The Morgan fingerprint density at radius 3 is 2.50 bits per heavy atom. The summed E-state index contributed by atoms with van der Waals surface area (Å²) in [5, 5.41) is 10.1. The highest BCUT2D eigenvalue weighted by atomic mass is 16.5. The van der Waals surface area contributed by atoms with Crippen molar-refractivity contribution in [1.29, 1.82) is 0 Å². The molecule has 0 aliphatic rings. The summed E-state index contributed by atoms with van der Waals surface area (Å²) in [7, 11) is 1.93. The molecule has 2 aromatic heterocycles. The van der Waals surface area contributed by atoms with Crippen LogP contribution in [0.1, 0.15) is 37.7 Å². The molecule has 5 heteroatoms. The Hall–Kier alpha value is -1.88. The van der Waals surface area contributed by atoms with Gasteiger partial charge in [-0.15, -0.1) is 5.10 Å². The van der Waals surface area contributed by atoms with Gasteiger partial charge >= 0.3 is 0 Å². The van der Waals surface area contributed by atoms with Crippen LogP contribution in [0, 0.1) is 6.92 Å². The third-order valence-corrected chi connectivity index (χ3v) is 2.90. The predicted molar refractivity (Wildman–Crippen MR) is 79.1 cm³/mol. The van der Waals surface area contributed by atoms with Crippen LogP contribution in [0.5, 0.6) is 11.8 Å². The van der Waals surface area contributed by atoms with Crippen molar-refractivity contribution in [3.8, 4) is 11.8 Å². The van der Waals surface area contributed by atoms with Crippen LogP contribution in [0.3, 0.4) is 0 Å². The summed E-state index contributed by atoms with van der Waals surface area (Å²) < 4.78 is 5.74. The summed E-state index contributed by atoms with van der Waals surface area (Å²) in [6.45, 7) is 9.13. The number of nitrogens with one attached hydrogen (secondary N) is 2. The van der Waals surface area contributed by atoms with Crippen molar-refractivity contribution in [3.63, 3.8) is 0 Å². The summed E-state index contributed by atoms with van der Waals surface area (Å²) in [4.78, 5) is 4.59. The van der Waals surface area contributed by atoms with E-state index >= 15 is 0 Å². The van der Waals surface area contributed by atoms with Gasteiger partial charge in [-0.05, 0) is 25.6 Å². The number of hydrogen-bond donors (Lipinski definition) is 2. The number of aryl methyl sites for hydroxylation is 1. The van der Waals surface area contributed by atoms with Crippen LogP contribution in [-0.4, -0.2) is 22.2 Å². The minimum atomic E-state index is -0.0245. The molecule has 2 N–H and O–H groups in total. The average Bonchev–Trinajstić information content (AvgIpc) is 2.74. The first kappa shape index (κ1) is 14.5. The van der Waals surface area contributed by atoms with Gasteiger partial charge in [-0.25, -0.2) is 4.98 Å². The quantitative estimate of drug-likeness (QED) is 0.900. The van der Waals surface area contributed by atoms with Gasteiger partial charge in [-0.3, -0.25) is 5.10 Å². The molecule has 2 rings (SSSR count). The first-order chi connectivity index (χ1) is 9.38. The van der Waals surface area contributed by atoms with Gasteiger partial charge in [0.05, 0.1) is 5.69 Å². The third-order valence-electron chi connectivity index (χ3n) is 2.90. The third kappa shape index (κ3) is 3.57. The number of nitrogens with zero attached hydrogens (tertiary/aromatic N) is 2. The van der Waals surface area contributed by atoms with Crippen molar-refractivity contribution in [1.82, 2.24) is 20.5 Å². The fourth-order valence-electron chi connectivity index (χ4n) is 1.85. The molecule has 0 aliphatic heterocycles. The fraction of sp³-hybridized carbons (Fsp3) is 0.467. The monoisotopic (exact) mass is 274 g/mol. The summed E-state index contributed by atoms with van der Waals surface area (Å²) in [6.07, 6.45) is 0. The summed E-state index contributed by atoms with van der Waals surface area (Å²) in [5.74, 6) is 1.12. The normalized spacial score (nSPS) is 11.7. The van der Waals surface area contributed by atoms with E-state index in [0.717, 1.165) is 23.5 Å². The van der Waals surface area contributed by atoms with Gasteiger partial charge < -0.3 is 10.1 Å². The molecular weight excluding hydrogens is 252 g/mol. The van der Waals surface area contributed by atoms with Crippen LogP contribution in [-0.2, 0) is 12.0 Å². The molecule has 2 aromatic rings. The molecule has 0 atom stereocenters. The lowest BCUT2D eigenvalue weighted by molar-refractivity contribution is 0.433. The number of aromatic nitrogens is 3. The second-order valence-electron chi connectivity index (χ2n) is 5.97. The van der Waals surface area contributed by atoms with Crippen molar-refractivity contribution < 1.29 is 4.74 Å². The molecule has 0 saturated carbocycles. The molecule has 0 amide bonds. The van der Waals surface area contributed by atoms with E-state index in [0.29, 0.717) is 11.8 Å². The maximum absolute atomic E-state index is 5.74. The van der Waals surface area contributed by atoms with E-state index in [1.165, 1.54) is 0 Å². The lowest BCUT2D eigenvalue weighted by Crippen LogP contribution is -2.15. The minimum Gasteiger partial charge on any atom is -0.419 e. The van der Waals surface area contributed by atoms with Gasteiger partial charge in [0.2, 0.25) is 11.8 Å². The van der Waals surface area contributed by atoms with Crippen molar-refractivity contribution in [2.45, 2.75) is 39.7 Å². The van der Waals surface area contributed by atoms with Crippen LogP contribution < -0.4 is 10.1 Å². The van der Waals surface area contributed by atoms with Crippen LogP contribution >= 0.6 is 0 Å². The zero-order valence-electron chi connectivity index (χ0n) is 12.7. The van der Waals surface area contributed by atoms with Gasteiger partial charge in [0.15, 0.2) is 0 Å². The molecule has 0 saturated heterocycles. The lowest BCUT2D eigenvalue weighted by atomic mass is 9.91. The van der Waals surface area contributed by atoms with E-state index in [2.05, 4.69) is 47.3 Å². The summed E-state index contributed by atoms with van der Waals surface area (Å²) in [6, 6.07) is 5.90. The molecule has 0 spiro atoms. The van der Waals surface area contributed by atoms with Crippen molar-refractivity contribution in [2.24, 2.45) is 0 Å². The number of H-pyrrole nitrogens is 1. The number of hydrogen-bond acceptors (Lipinski definition) is 4. The SMILES string of the molecule is CNCc1cc(Oc2cc(C)[nH]n2)nc(C(C)(C)C)c1. The molecule has 0 bridgehead atoms. The first-order valence-corrected chi connectivity index (χ1v) is 6.74. The maximum Gasteiger partial charge on any atom is 0.240 e. The number of rotatable bonds is 4. The fourth-order valence-corrected chi connectivity index (χ4v) is 1.85. The molecule has 20 heavy (non-hydrogen) atoms. The largest absolute Gasteiger partial charge is 0.419 e. The second-order valence-corrected chi connectivity index (χ2v) is 5.97. The zero-order valence-corrected chi connectivity index (χ0v) is 12.7. The van der Waals surface area contributed by atoms with E-state index in [-0.39, 0.29) is 5.41 Å². The van der Waals surface area contributed by atoms with Gasteiger partial charge in [0.25, 0.3) is 0 Å². The topological polar surface area (TPSA) is 62.8 Å². The Morgan fingerprint density at radius 1 is 1.20 bits per heavy atom. The average molecular weight is 274 g/mol. The summed E-state index contributed by atoms with van der Waals surface area (Å²) >= 11 is 0. The predicted octanol–water partition coefficient (Wildman–Crippen LogP) is 2.92. The number of ether oxygens (including phenoxy) is 1. The Morgan fingerprint density at radius 2 is 1.95 bits per heavy atom. The molecule has 5 nitrogen and oxygen atoms in total. The zero-order chi connectivity index (χ0) is 14.8. The minimum absolute atomic E-state index is 0.0245. The molecule has 0 aliphatic carbocycles. The Balaban J connectivity index is 2.33. The molecule has 0 fully saturated rings. The van der Waals surface area contributed by atoms with E-state index < -0.39 is 0 Å². The number of aromatic amines is 1. The molecule has 0 unspecified atom stereocenters. The highest BCUT2D eigenvalue weighted by Crippen LogP contribution is 2.26. The van der Waals surface area contributed by atoms with Gasteiger partial charge in [0, 0.05) is 29.8 Å². The lowest BCUT2D eigenvalue weighted by Gasteiger charge is -2.19. The molecule has 2 heterocycles. The summed E-state index contributed by atoms with van der Waals surface area (Å²) in [5.41, 5.74) is 3.09. The molecule has 108 valence electrons.